The first-order valence-electron chi connectivity index (χ1n) is 5.44. The summed E-state index contributed by atoms with van der Waals surface area (Å²) in [5, 5.41) is 3.88. The summed E-state index contributed by atoms with van der Waals surface area (Å²) < 4.78 is 0. The van der Waals surface area contributed by atoms with Crippen molar-refractivity contribution in [1.82, 2.24) is 10.2 Å². The third kappa shape index (κ3) is 2.36. The van der Waals surface area contributed by atoms with E-state index in [1.165, 1.54) is 0 Å². The molecule has 4 heteroatoms. The molecule has 0 radical (unpaired) electrons. The van der Waals surface area contributed by atoms with Crippen LogP contribution in [0.3, 0.4) is 0 Å². The molecule has 1 heterocycles. The van der Waals surface area contributed by atoms with Crippen LogP contribution < -0.4 is 5.32 Å². The average molecular weight is 239 g/mol. The van der Waals surface area contributed by atoms with Gasteiger partial charge < -0.3 is 10.2 Å². The number of hydrogen-bond donors (Lipinski definition) is 1. The van der Waals surface area contributed by atoms with E-state index in [0.29, 0.717) is 10.6 Å². The van der Waals surface area contributed by atoms with Gasteiger partial charge in [-0.05, 0) is 24.6 Å². The van der Waals surface area contributed by atoms with Crippen LogP contribution in [0.25, 0.3) is 0 Å². The maximum absolute atomic E-state index is 12.1. The van der Waals surface area contributed by atoms with Gasteiger partial charge in [0.2, 0.25) is 0 Å². The van der Waals surface area contributed by atoms with E-state index in [0.717, 1.165) is 31.7 Å². The fourth-order valence-corrected chi connectivity index (χ4v) is 1.96. The second-order valence-electron chi connectivity index (χ2n) is 4.01. The van der Waals surface area contributed by atoms with E-state index in [9.17, 15) is 4.79 Å². The van der Waals surface area contributed by atoms with E-state index in [2.05, 4.69) is 5.32 Å². The van der Waals surface area contributed by atoms with Gasteiger partial charge in [0.25, 0.3) is 5.91 Å². The molecule has 0 bridgehead atoms. The van der Waals surface area contributed by atoms with Crippen LogP contribution in [0.4, 0.5) is 0 Å². The van der Waals surface area contributed by atoms with Crippen molar-refractivity contribution in [3.05, 3.63) is 34.3 Å². The minimum atomic E-state index is 0.0726. The molecule has 0 aliphatic carbocycles. The molecule has 1 aromatic carbocycles. The van der Waals surface area contributed by atoms with Crippen LogP contribution in [0, 0.1) is 6.92 Å². The van der Waals surface area contributed by atoms with Gasteiger partial charge in [0, 0.05) is 36.8 Å². The Morgan fingerprint density at radius 3 is 2.69 bits per heavy atom. The smallest absolute Gasteiger partial charge is 0.253 e. The highest BCUT2D eigenvalue weighted by molar-refractivity contribution is 6.31. The molecule has 1 fully saturated rings. The van der Waals surface area contributed by atoms with Crippen LogP contribution in [0.2, 0.25) is 5.02 Å². The van der Waals surface area contributed by atoms with Gasteiger partial charge in [0.15, 0.2) is 0 Å². The number of amides is 1. The molecule has 3 nitrogen and oxygen atoms in total. The Kier molecular flexibility index (Phi) is 3.46. The summed E-state index contributed by atoms with van der Waals surface area (Å²) in [7, 11) is 0. The molecule has 1 amide bonds. The van der Waals surface area contributed by atoms with Gasteiger partial charge in [0.1, 0.15) is 0 Å². The van der Waals surface area contributed by atoms with E-state index in [1.807, 2.05) is 24.0 Å². The number of hydrogen-bond acceptors (Lipinski definition) is 2. The van der Waals surface area contributed by atoms with E-state index < -0.39 is 0 Å². The van der Waals surface area contributed by atoms with Crippen molar-refractivity contribution < 1.29 is 4.79 Å². The highest BCUT2D eigenvalue weighted by atomic mass is 35.5. The Morgan fingerprint density at radius 1 is 1.38 bits per heavy atom. The number of rotatable bonds is 1. The molecule has 16 heavy (non-hydrogen) atoms. The normalized spacial score (nSPS) is 16.2. The second kappa shape index (κ2) is 4.85. The molecule has 0 unspecified atom stereocenters. The highest BCUT2D eigenvalue weighted by Crippen LogP contribution is 2.18. The van der Waals surface area contributed by atoms with E-state index in [4.69, 9.17) is 11.6 Å². The topological polar surface area (TPSA) is 32.3 Å². The fourth-order valence-electron chi connectivity index (χ4n) is 1.78. The van der Waals surface area contributed by atoms with Gasteiger partial charge in [-0.15, -0.1) is 0 Å². The van der Waals surface area contributed by atoms with Gasteiger partial charge in [0.05, 0.1) is 0 Å². The van der Waals surface area contributed by atoms with Gasteiger partial charge >= 0.3 is 0 Å². The molecule has 1 saturated heterocycles. The van der Waals surface area contributed by atoms with Crippen LogP contribution in [-0.2, 0) is 0 Å². The van der Waals surface area contributed by atoms with E-state index in [-0.39, 0.29) is 5.91 Å². The molecule has 0 atom stereocenters. The predicted octanol–water partition coefficient (Wildman–Crippen LogP) is 1.69. The minimum Gasteiger partial charge on any atom is -0.336 e. The number of piperazine rings is 1. The summed E-state index contributed by atoms with van der Waals surface area (Å²) in [6, 6.07) is 5.48. The lowest BCUT2D eigenvalue weighted by atomic mass is 10.1. The van der Waals surface area contributed by atoms with Crippen LogP contribution in [0.1, 0.15) is 15.9 Å². The summed E-state index contributed by atoms with van der Waals surface area (Å²) >= 11 is 6.01. The first-order valence-corrected chi connectivity index (χ1v) is 5.82. The molecule has 1 aliphatic rings. The zero-order valence-corrected chi connectivity index (χ0v) is 10.0. The lowest BCUT2D eigenvalue weighted by molar-refractivity contribution is 0.0736. The van der Waals surface area contributed by atoms with E-state index >= 15 is 0 Å². The third-order valence-corrected chi connectivity index (χ3v) is 3.23. The van der Waals surface area contributed by atoms with Crippen LogP contribution >= 0.6 is 11.6 Å². The van der Waals surface area contributed by atoms with Gasteiger partial charge in [-0.1, -0.05) is 17.7 Å². The molecular weight excluding hydrogens is 224 g/mol. The quantitative estimate of drug-likeness (QED) is 0.808. The number of halogens is 1. The first kappa shape index (κ1) is 11.4. The van der Waals surface area contributed by atoms with Crippen molar-refractivity contribution in [2.45, 2.75) is 6.92 Å². The Hall–Kier alpha value is -1.06. The maximum Gasteiger partial charge on any atom is 0.253 e. The molecule has 1 aliphatic heterocycles. The van der Waals surface area contributed by atoms with Crippen molar-refractivity contribution in [3.63, 3.8) is 0 Å². The number of benzene rings is 1. The lowest BCUT2D eigenvalue weighted by Crippen LogP contribution is -2.46. The summed E-state index contributed by atoms with van der Waals surface area (Å²) in [6.07, 6.45) is 0. The van der Waals surface area contributed by atoms with Crippen molar-refractivity contribution in [3.8, 4) is 0 Å². The van der Waals surface area contributed by atoms with Crippen molar-refractivity contribution >= 4 is 17.5 Å². The monoisotopic (exact) mass is 238 g/mol. The molecule has 1 aromatic rings. The Balaban J connectivity index is 2.16. The number of aryl methyl sites for hydroxylation is 1. The van der Waals surface area contributed by atoms with Crippen molar-refractivity contribution in [1.29, 1.82) is 0 Å². The molecule has 0 saturated carbocycles. The van der Waals surface area contributed by atoms with Gasteiger partial charge in [-0.2, -0.15) is 0 Å². The predicted molar refractivity (Wildman–Crippen MR) is 65.0 cm³/mol. The summed E-state index contributed by atoms with van der Waals surface area (Å²) in [4.78, 5) is 14.0. The highest BCUT2D eigenvalue weighted by Gasteiger charge is 2.18. The van der Waals surface area contributed by atoms with Crippen molar-refractivity contribution in [2.24, 2.45) is 0 Å². The molecule has 86 valence electrons. The SMILES string of the molecule is Cc1ccc(C(=O)N2CCNCC2)cc1Cl. The Labute approximate surface area is 100 Å². The first-order chi connectivity index (χ1) is 7.68. The van der Waals surface area contributed by atoms with E-state index in [1.54, 1.807) is 6.07 Å². The standard InChI is InChI=1S/C12H15ClN2O/c1-9-2-3-10(8-11(9)13)12(16)15-6-4-14-5-7-15/h2-3,8,14H,4-7H2,1H3. The van der Waals surface area contributed by atoms with Crippen molar-refractivity contribution in [2.75, 3.05) is 26.2 Å². The summed E-state index contributed by atoms with van der Waals surface area (Å²) in [6.45, 7) is 5.20. The second-order valence-corrected chi connectivity index (χ2v) is 4.41. The zero-order chi connectivity index (χ0) is 11.5. The Bertz CT molecular complexity index is 400. The van der Waals surface area contributed by atoms with Gasteiger partial charge in [-0.25, -0.2) is 0 Å². The molecule has 0 spiro atoms. The van der Waals surface area contributed by atoms with Crippen LogP contribution in [-0.4, -0.2) is 37.0 Å². The number of nitrogens with one attached hydrogen (secondary N) is 1. The number of carbonyl (C=O) groups is 1. The largest absolute Gasteiger partial charge is 0.336 e. The lowest BCUT2D eigenvalue weighted by Gasteiger charge is -2.27. The van der Waals surface area contributed by atoms with Crippen LogP contribution in [0.15, 0.2) is 18.2 Å². The maximum atomic E-state index is 12.1. The summed E-state index contributed by atoms with van der Waals surface area (Å²) in [5.41, 5.74) is 1.68. The van der Waals surface area contributed by atoms with Gasteiger partial charge in [-0.3, -0.25) is 4.79 Å². The number of carbonyl (C=O) groups excluding carboxylic acids is 1. The summed E-state index contributed by atoms with van der Waals surface area (Å²) in [5.74, 6) is 0.0726. The average Bonchev–Trinajstić information content (AvgIpc) is 2.33. The molecular formula is C12H15ClN2O. The minimum absolute atomic E-state index is 0.0726. The zero-order valence-electron chi connectivity index (χ0n) is 9.29. The molecule has 0 aromatic heterocycles. The Morgan fingerprint density at radius 2 is 2.06 bits per heavy atom. The fraction of sp³-hybridized carbons (Fsp3) is 0.417. The number of nitrogens with zero attached hydrogens (tertiary/aromatic N) is 1. The molecule has 1 N–H and O–H groups in total. The van der Waals surface area contributed by atoms with Crippen LogP contribution in [0.5, 0.6) is 0 Å². The molecule has 2 rings (SSSR count). The third-order valence-electron chi connectivity index (χ3n) is 2.82.